The number of unbranched alkanes of at least 4 members (excludes halogenated alkanes) is 1. The van der Waals surface area contributed by atoms with Crippen LogP contribution in [0.2, 0.25) is 0 Å². The van der Waals surface area contributed by atoms with Gasteiger partial charge in [-0.3, -0.25) is 0 Å². The topological polar surface area (TPSA) is 59.0 Å². The Labute approximate surface area is 185 Å². The van der Waals surface area contributed by atoms with Crippen molar-refractivity contribution in [3.05, 3.63) is 54.1 Å². The molecule has 166 valence electrons. The molecule has 1 fully saturated rings. The first-order valence-electron chi connectivity index (χ1n) is 11.2. The summed E-state index contributed by atoms with van der Waals surface area (Å²) < 4.78 is 11.3. The fourth-order valence-corrected chi connectivity index (χ4v) is 3.84. The Morgan fingerprint density at radius 3 is 2.42 bits per heavy atom. The Morgan fingerprint density at radius 2 is 1.74 bits per heavy atom. The van der Waals surface area contributed by atoms with Crippen LogP contribution in [0, 0.1) is 0 Å². The average molecular weight is 424 g/mol. The SMILES string of the molecule is CCCCOCCOc1ccc(-c2ccc(N3CCCC3)c(/C(C)=C/C(=O)O)c2)cc1. The predicted octanol–water partition coefficient (Wildman–Crippen LogP) is 5.64. The van der Waals surface area contributed by atoms with Crippen LogP contribution in [-0.4, -0.2) is 44.0 Å². The van der Waals surface area contributed by atoms with Gasteiger partial charge >= 0.3 is 5.97 Å². The van der Waals surface area contributed by atoms with Crippen LogP contribution in [0.25, 0.3) is 16.7 Å². The van der Waals surface area contributed by atoms with E-state index in [2.05, 4.69) is 30.0 Å². The van der Waals surface area contributed by atoms with Crippen molar-refractivity contribution < 1.29 is 19.4 Å². The van der Waals surface area contributed by atoms with Crippen LogP contribution in [-0.2, 0) is 9.53 Å². The molecular weight excluding hydrogens is 390 g/mol. The fraction of sp³-hybridized carbons (Fsp3) is 0.423. The smallest absolute Gasteiger partial charge is 0.328 e. The van der Waals surface area contributed by atoms with Gasteiger partial charge in [-0.2, -0.15) is 0 Å². The van der Waals surface area contributed by atoms with Gasteiger partial charge in [0.05, 0.1) is 6.61 Å². The average Bonchev–Trinajstić information content (AvgIpc) is 3.30. The molecule has 1 N–H and O–H groups in total. The van der Waals surface area contributed by atoms with E-state index < -0.39 is 5.97 Å². The van der Waals surface area contributed by atoms with Crippen LogP contribution in [0.5, 0.6) is 5.75 Å². The molecule has 5 nitrogen and oxygen atoms in total. The molecule has 31 heavy (non-hydrogen) atoms. The zero-order chi connectivity index (χ0) is 22.1. The zero-order valence-corrected chi connectivity index (χ0v) is 18.6. The molecule has 0 saturated carbocycles. The fourth-order valence-electron chi connectivity index (χ4n) is 3.84. The van der Waals surface area contributed by atoms with Crippen molar-refractivity contribution in [2.75, 3.05) is 37.8 Å². The number of hydrogen-bond acceptors (Lipinski definition) is 4. The monoisotopic (exact) mass is 423 g/mol. The minimum absolute atomic E-state index is 0.539. The maximum absolute atomic E-state index is 11.3. The van der Waals surface area contributed by atoms with Crippen molar-refractivity contribution in [2.45, 2.75) is 39.5 Å². The molecule has 3 rings (SSSR count). The van der Waals surface area contributed by atoms with Gasteiger partial charge < -0.3 is 19.5 Å². The minimum atomic E-state index is -0.921. The maximum Gasteiger partial charge on any atom is 0.328 e. The highest BCUT2D eigenvalue weighted by Gasteiger charge is 2.17. The summed E-state index contributed by atoms with van der Waals surface area (Å²) in [7, 11) is 0. The number of ether oxygens (including phenoxy) is 2. The Morgan fingerprint density at radius 1 is 1.03 bits per heavy atom. The number of nitrogens with zero attached hydrogens (tertiary/aromatic N) is 1. The molecule has 1 saturated heterocycles. The number of benzene rings is 2. The molecule has 0 radical (unpaired) electrons. The van der Waals surface area contributed by atoms with Crippen LogP contribution in [0.3, 0.4) is 0 Å². The van der Waals surface area contributed by atoms with Crippen LogP contribution in [0.4, 0.5) is 5.69 Å². The Hall–Kier alpha value is -2.79. The maximum atomic E-state index is 11.3. The van der Waals surface area contributed by atoms with Crippen LogP contribution in [0.1, 0.15) is 45.1 Å². The van der Waals surface area contributed by atoms with Crippen molar-refractivity contribution in [3.8, 4) is 16.9 Å². The van der Waals surface area contributed by atoms with Gasteiger partial charge in [0.2, 0.25) is 0 Å². The van der Waals surface area contributed by atoms with Gasteiger partial charge in [-0.25, -0.2) is 4.79 Å². The molecule has 1 aliphatic rings. The van der Waals surface area contributed by atoms with Gasteiger partial charge in [0.1, 0.15) is 12.4 Å². The summed E-state index contributed by atoms with van der Waals surface area (Å²) in [6, 6.07) is 14.3. The van der Waals surface area contributed by atoms with Crippen molar-refractivity contribution in [2.24, 2.45) is 0 Å². The zero-order valence-electron chi connectivity index (χ0n) is 18.6. The van der Waals surface area contributed by atoms with Crippen molar-refractivity contribution in [1.29, 1.82) is 0 Å². The van der Waals surface area contributed by atoms with E-state index in [1.165, 1.54) is 18.9 Å². The largest absolute Gasteiger partial charge is 0.491 e. The molecule has 0 aliphatic carbocycles. The molecule has 2 aromatic carbocycles. The minimum Gasteiger partial charge on any atom is -0.491 e. The Kier molecular flexibility index (Phi) is 8.53. The van der Waals surface area contributed by atoms with Gasteiger partial charge in [-0.1, -0.05) is 31.5 Å². The summed E-state index contributed by atoms with van der Waals surface area (Å²) in [5, 5.41) is 9.24. The lowest BCUT2D eigenvalue weighted by Crippen LogP contribution is -2.19. The molecule has 0 aromatic heterocycles. The molecule has 0 unspecified atom stereocenters. The summed E-state index contributed by atoms with van der Waals surface area (Å²) in [6.45, 7) is 7.96. The number of rotatable bonds is 11. The first kappa shape index (κ1) is 22.9. The van der Waals surface area contributed by atoms with E-state index in [0.29, 0.717) is 13.2 Å². The van der Waals surface area contributed by atoms with E-state index in [1.54, 1.807) is 0 Å². The van der Waals surface area contributed by atoms with Gasteiger partial charge in [-0.15, -0.1) is 0 Å². The van der Waals surface area contributed by atoms with E-state index >= 15 is 0 Å². The highest BCUT2D eigenvalue weighted by atomic mass is 16.5. The van der Waals surface area contributed by atoms with E-state index in [4.69, 9.17) is 9.47 Å². The lowest BCUT2D eigenvalue weighted by atomic mass is 9.97. The van der Waals surface area contributed by atoms with Gasteiger partial charge in [0, 0.05) is 37.0 Å². The van der Waals surface area contributed by atoms with Crippen molar-refractivity contribution in [3.63, 3.8) is 0 Å². The second kappa shape index (κ2) is 11.6. The van der Waals surface area contributed by atoms with E-state index in [0.717, 1.165) is 66.2 Å². The van der Waals surface area contributed by atoms with Crippen LogP contribution >= 0.6 is 0 Å². The summed E-state index contributed by atoms with van der Waals surface area (Å²) in [5.41, 5.74) is 4.99. The van der Waals surface area contributed by atoms with E-state index in [1.807, 2.05) is 31.2 Å². The van der Waals surface area contributed by atoms with Gasteiger partial charge in [0.15, 0.2) is 0 Å². The van der Waals surface area contributed by atoms with E-state index in [-0.39, 0.29) is 0 Å². The highest BCUT2D eigenvalue weighted by molar-refractivity contribution is 5.92. The third-order valence-electron chi connectivity index (χ3n) is 5.53. The summed E-state index contributed by atoms with van der Waals surface area (Å²) in [4.78, 5) is 13.6. The first-order valence-corrected chi connectivity index (χ1v) is 11.2. The third-order valence-corrected chi connectivity index (χ3v) is 5.53. The third kappa shape index (κ3) is 6.59. The molecule has 1 aliphatic heterocycles. The lowest BCUT2D eigenvalue weighted by molar-refractivity contribution is -0.131. The number of aliphatic carboxylic acids is 1. The van der Waals surface area contributed by atoms with Gasteiger partial charge in [0.25, 0.3) is 0 Å². The van der Waals surface area contributed by atoms with E-state index in [9.17, 15) is 9.90 Å². The second-order valence-corrected chi connectivity index (χ2v) is 7.93. The molecule has 0 amide bonds. The molecule has 0 spiro atoms. The normalized spacial score (nSPS) is 14.1. The number of allylic oxidation sites excluding steroid dienone is 1. The Bertz CT molecular complexity index is 883. The molecule has 0 bridgehead atoms. The van der Waals surface area contributed by atoms with Crippen molar-refractivity contribution >= 4 is 17.2 Å². The molecule has 1 heterocycles. The molecule has 0 atom stereocenters. The Balaban J connectivity index is 1.73. The molecule has 2 aromatic rings. The number of carboxylic acid groups (broad SMARTS) is 1. The number of anilines is 1. The first-order chi connectivity index (χ1) is 15.1. The highest BCUT2D eigenvalue weighted by Crippen LogP contribution is 2.34. The van der Waals surface area contributed by atoms with Crippen molar-refractivity contribution in [1.82, 2.24) is 0 Å². The number of carboxylic acids is 1. The van der Waals surface area contributed by atoms with Crippen LogP contribution < -0.4 is 9.64 Å². The summed E-state index contributed by atoms with van der Waals surface area (Å²) >= 11 is 0. The number of carbonyl (C=O) groups is 1. The summed E-state index contributed by atoms with van der Waals surface area (Å²) in [5.74, 6) is -0.103. The molecule has 5 heteroatoms. The van der Waals surface area contributed by atoms with Gasteiger partial charge in [-0.05, 0) is 67.2 Å². The number of hydrogen-bond donors (Lipinski definition) is 1. The summed E-state index contributed by atoms with van der Waals surface area (Å²) in [6.07, 6.45) is 5.85. The predicted molar refractivity (Wildman–Crippen MR) is 126 cm³/mol. The lowest BCUT2D eigenvalue weighted by Gasteiger charge is -2.22. The molecular formula is C26H33NO4. The second-order valence-electron chi connectivity index (χ2n) is 7.93. The van der Waals surface area contributed by atoms with Crippen LogP contribution in [0.15, 0.2) is 48.5 Å². The standard InChI is InChI=1S/C26H33NO4/c1-3-4-15-30-16-17-31-23-10-7-21(8-11-23)22-9-12-25(27-13-5-6-14-27)24(19-22)20(2)18-26(28)29/h7-12,18-19H,3-6,13-17H2,1-2H3,(H,28,29)/b20-18+. The quantitative estimate of drug-likeness (QED) is 0.374.